The van der Waals surface area contributed by atoms with Crippen molar-refractivity contribution in [2.75, 3.05) is 11.9 Å². The molecule has 0 aliphatic heterocycles. The molecule has 0 saturated heterocycles. The lowest BCUT2D eigenvalue weighted by Crippen LogP contribution is -2.39. The number of hydrogen-bond acceptors (Lipinski definition) is 3. The van der Waals surface area contributed by atoms with Crippen molar-refractivity contribution in [1.82, 2.24) is 5.32 Å². The van der Waals surface area contributed by atoms with E-state index >= 15 is 0 Å². The van der Waals surface area contributed by atoms with Gasteiger partial charge in [-0.25, -0.2) is 0 Å². The molecule has 0 aromatic heterocycles. The van der Waals surface area contributed by atoms with E-state index in [0.717, 1.165) is 11.8 Å². The van der Waals surface area contributed by atoms with Gasteiger partial charge in [0.2, 0.25) is 0 Å². The van der Waals surface area contributed by atoms with Crippen LogP contribution in [0.25, 0.3) is 0 Å². The average Bonchev–Trinajstić information content (AvgIpc) is 3.15. The number of rotatable bonds is 4. The highest BCUT2D eigenvalue weighted by Gasteiger charge is 2.39. The zero-order chi connectivity index (χ0) is 16.4. The number of Topliss-reactive ketones (excluding diaryl/α,β-unsaturated/α-hetero) is 1. The molecule has 122 valence electrons. The van der Waals surface area contributed by atoms with E-state index in [9.17, 15) is 14.4 Å². The third-order valence-corrected chi connectivity index (χ3v) is 5.16. The van der Waals surface area contributed by atoms with Crippen LogP contribution in [0.15, 0.2) is 24.3 Å². The van der Waals surface area contributed by atoms with Gasteiger partial charge in [0.25, 0.3) is 0 Å². The van der Waals surface area contributed by atoms with E-state index in [-0.39, 0.29) is 5.78 Å². The van der Waals surface area contributed by atoms with E-state index in [4.69, 9.17) is 0 Å². The second-order valence-electron chi connectivity index (χ2n) is 6.73. The molecule has 2 N–H and O–H groups in total. The molecule has 2 aliphatic rings. The first kappa shape index (κ1) is 15.7. The van der Waals surface area contributed by atoms with E-state index in [1.165, 1.54) is 32.6 Å². The molecule has 2 fully saturated rings. The van der Waals surface area contributed by atoms with Crippen molar-refractivity contribution in [3.63, 3.8) is 0 Å². The Bertz CT molecular complexity index is 624. The molecule has 0 spiro atoms. The fourth-order valence-electron chi connectivity index (χ4n) is 3.91. The molecule has 0 heterocycles. The Morgan fingerprint density at radius 2 is 1.78 bits per heavy atom. The van der Waals surface area contributed by atoms with Crippen LogP contribution >= 0.6 is 0 Å². The number of carbonyl (C=O) groups excluding carboxylic acids is 3. The second-order valence-corrected chi connectivity index (χ2v) is 6.73. The standard InChI is InChI=1S/C18H22N2O3/c1-11(21)13-4-6-16(7-5-13)20-18(23)17(22)19-10-15-9-12-2-3-14(15)8-12/h4-7,12,14-15H,2-3,8-10H2,1H3,(H,19,22)(H,20,23)/t12-,14-,15-/m0/s1. The maximum Gasteiger partial charge on any atom is 0.313 e. The van der Waals surface area contributed by atoms with Crippen LogP contribution in [0.1, 0.15) is 43.0 Å². The van der Waals surface area contributed by atoms with Crippen molar-refractivity contribution in [1.29, 1.82) is 0 Å². The predicted molar refractivity (Wildman–Crippen MR) is 87.0 cm³/mol. The molecule has 2 saturated carbocycles. The monoisotopic (exact) mass is 314 g/mol. The number of hydrogen-bond donors (Lipinski definition) is 2. The molecule has 2 bridgehead atoms. The minimum atomic E-state index is -0.663. The van der Waals surface area contributed by atoms with Gasteiger partial charge in [0.15, 0.2) is 5.78 Å². The second kappa shape index (κ2) is 6.52. The van der Waals surface area contributed by atoms with Crippen LogP contribution in [-0.2, 0) is 9.59 Å². The number of fused-ring (bicyclic) bond motifs is 2. The Labute approximate surface area is 135 Å². The number of benzene rings is 1. The van der Waals surface area contributed by atoms with Gasteiger partial charge in [-0.1, -0.05) is 6.42 Å². The van der Waals surface area contributed by atoms with E-state index < -0.39 is 11.8 Å². The third-order valence-electron chi connectivity index (χ3n) is 5.16. The highest BCUT2D eigenvalue weighted by molar-refractivity contribution is 6.39. The van der Waals surface area contributed by atoms with Crippen LogP contribution in [0.3, 0.4) is 0 Å². The Morgan fingerprint density at radius 1 is 1.04 bits per heavy atom. The van der Waals surface area contributed by atoms with Crippen LogP contribution in [0.2, 0.25) is 0 Å². The smallest absolute Gasteiger partial charge is 0.313 e. The average molecular weight is 314 g/mol. The lowest BCUT2D eigenvalue weighted by atomic mass is 9.89. The van der Waals surface area contributed by atoms with Crippen molar-refractivity contribution in [2.24, 2.45) is 17.8 Å². The molecule has 5 nitrogen and oxygen atoms in total. The first-order valence-corrected chi connectivity index (χ1v) is 8.23. The molecule has 2 aliphatic carbocycles. The molecular formula is C18H22N2O3. The highest BCUT2D eigenvalue weighted by atomic mass is 16.2. The Morgan fingerprint density at radius 3 is 2.35 bits per heavy atom. The summed E-state index contributed by atoms with van der Waals surface area (Å²) >= 11 is 0. The van der Waals surface area contributed by atoms with Crippen molar-refractivity contribution < 1.29 is 14.4 Å². The van der Waals surface area contributed by atoms with Crippen molar-refractivity contribution in [2.45, 2.75) is 32.6 Å². The minimum absolute atomic E-state index is 0.0357. The number of ketones is 1. The summed E-state index contributed by atoms with van der Waals surface area (Å²) in [7, 11) is 0. The topological polar surface area (TPSA) is 75.3 Å². The molecular weight excluding hydrogens is 292 g/mol. The van der Waals surface area contributed by atoms with Gasteiger partial charge in [-0.15, -0.1) is 0 Å². The summed E-state index contributed by atoms with van der Waals surface area (Å²) in [6.45, 7) is 2.08. The number of amides is 2. The van der Waals surface area contributed by atoms with Gasteiger partial charge in [0.05, 0.1) is 0 Å². The molecule has 5 heteroatoms. The predicted octanol–water partition coefficient (Wildman–Crippen LogP) is 2.38. The van der Waals surface area contributed by atoms with Crippen LogP contribution in [-0.4, -0.2) is 24.1 Å². The number of anilines is 1. The van der Waals surface area contributed by atoms with E-state index in [0.29, 0.717) is 23.7 Å². The van der Waals surface area contributed by atoms with Crippen LogP contribution < -0.4 is 10.6 Å². The largest absolute Gasteiger partial charge is 0.348 e. The highest BCUT2D eigenvalue weighted by Crippen LogP contribution is 2.47. The van der Waals surface area contributed by atoms with Gasteiger partial charge in [0, 0.05) is 17.8 Å². The van der Waals surface area contributed by atoms with Crippen LogP contribution in [0.5, 0.6) is 0 Å². The number of nitrogens with one attached hydrogen (secondary N) is 2. The van der Waals surface area contributed by atoms with E-state index in [1.54, 1.807) is 24.3 Å². The SMILES string of the molecule is CC(=O)c1ccc(NC(=O)C(=O)NC[C@@H]2C[C@H]3CC[C@H]2C3)cc1. The summed E-state index contributed by atoms with van der Waals surface area (Å²) < 4.78 is 0. The van der Waals surface area contributed by atoms with Gasteiger partial charge < -0.3 is 10.6 Å². The summed E-state index contributed by atoms with van der Waals surface area (Å²) in [6, 6.07) is 6.51. The van der Waals surface area contributed by atoms with Gasteiger partial charge in [-0.2, -0.15) is 0 Å². The molecule has 0 radical (unpaired) electrons. The molecule has 3 atom stereocenters. The van der Waals surface area contributed by atoms with Crippen molar-refractivity contribution >= 4 is 23.3 Å². The first-order chi connectivity index (χ1) is 11.0. The summed E-state index contributed by atoms with van der Waals surface area (Å²) in [6.07, 6.45) is 5.06. The van der Waals surface area contributed by atoms with E-state index in [1.807, 2.05) is 0 Å². The molecule has 3 rings (SSSR count). The molecule has 23 heavy (non-hydrogen) atoms. The summed E-state index contributed by atoms with van der Waals surface area (Å²) in [5.41, 5.74) is 1.08. The van der Waals surface area contributed by atoms with Gasteiger partial charge in [-0.3, -0.25) is 14.4 Å². The molecule has 0 unspecified atom stereocenters. The third kappa shape index (κ3) is 3.60. The van der Waals surface area contributed by atoms with Gasteiger partial charge in [0.1, 0.15) is 0 Å². The Hall–Kier alpha value is -2.17. The fourth-order valence-corrected chi connectivity index (χ4v) is 3.91. The summed E-state index contributed by atoms with van der Waals surface area (Å²) in [5, 5.41) is 5.31. The zero-order valence-electron chi connectivity index (χ0n) is 13.3. The fraction of sp³-hybridized carbons (Fsp3) is 0.500. The maximum absolute atomic E-state index is 11.9. The van der Waals surface area contributed by atoms with Crippen molar-refractivity contribution in [3.05, 3.63) is 29.8 Å². The van der Waals surface area contributed by atoms with E-state index in [2.05, 4.69) is 10.6 Å². The quantitative estimate of drug-likeness (QED) is 0.662. The molecule has 2 amide bonds. The zero-order valence-corrected chi connectivity index (χ0v) is 13.3. The maximum atomic E-state index is 11.9. The number of carbonyl (C=O) groups is 3. The van der Waals surface area contributed by atoms with Crippen LogP contribution in [0.4, 0.5) is 5.69 Å². The minimum Gasteiger partial charge on any atom is -0.348 e. The lowest BCUT2D eigenvalue weighted by Gasteiger charge is -2.21. The lowest BCUT2D eigenvalue weighted by molar-refractivity contribution is -0.136. The van der Waals surface area contributed by atoms with Gasteiger partial charge >= 0.3 is 11.8 Å². The Kier molecular flexibility index (Phi) is 4.46. The summed E-state index contributed by atoms with van der Waals surface area (Å²) in [5.74, 6) is 0.789. The summed E-state index contributed by atoms with van der Waals surface area (Å²) in [4.78, 5) is 35.0. The first-order valence-electron chi connectivity index (χ1n) is 8.23. The van der Waals surface area contributed by atoms with Crippen molar-refractivity contribution in [3.8, 4) is 0 Å². The normalized spacial score (nSPS) is 25.2. The molecule has 1 aromatic rings. The molecule has 1 aromatic carbocycles. The Balaban J connectivity index is 1.47. The van der Waals surface area contributed by atoms with Crippen LogP contribution in [0, 0.1) is 17.8 Å². The van der Waals surface area contributed by atoms with Gasteiger partial charge in [-0.05, 0) is 68.2 Å².